The predicted octanol–water partition coefficient (Wildman–Crippen LogP) is 3.82. The van der Waals surface area contributed by atoms with E-state index in [2.05, 4.69) is 0 Å². The van der Waals surface area contributed by atoms with Crippen molar-refractivity contribution in [2.75, 3.05) is 0 Å². The van der Waals surface area contributed by atoms with Crippen molar-refractivity contribution in [2.45, 2.75) is 0 Å². The van der Waals surface area contributed by atoms with Crippen LogP contribution in [0.25, 0.3) is 0 Å². The lowest BCUT2D eigenvalue weighted by Gasteiger charge is -2.00. The fourth-order valence-electron chi connectivity index (χ4n) is 1.18. The van der Waals surface area contributed by atoms with E-state index >= 15 is 0 Å². The fourth-order valence-corrected chi connectivity index (χ4v) is 2.00. The fraction of sp³-hybridized carbons (Fsp3) is 0. The highest BCUT2D eigenvalue weighted by Crippen LogP contribution is 2.16. The normalized spacial score (nSPS) is 10.1. The quantitative estimate of drug-likeness (QED) is 0.746. The van der Waals surface area contributed by atoms with E-state index in [1.165, 1.54) is 0 Å². The Morgan fingerprint density at radius 2 is 1.86 bits per heavy atom. The lowest BCUT2D eigenvalue weighted by Crippen LogP contribution is -1.97. The maximum atomic E-state index is 7.93. The number of hydrogen-bond donors (Lipinski definition) is 1. The first-order valence-corrected chi connectivity index (χ1v) is 5.41. The molecule has 0 aliphatic carbocycles. The molecule has 0 bridgehead atoms. The van der Waals surface area contributed by atoms with E-state index in [1.54, 1.807) is 23.5 Å². The summed E-state index contributed by atoms with van der Waals surface area (Å²) >= 11 is 7.35. The Balaban J connectivity index is 2.33. The largest absolute Gasteiger partial charge is 0.299 e. The van der Waals surface area contributed by atoms with Crippen molar-refractivity contribution >= 4 is 28.6 Å². The molecule has 1 N–H and O–H groups in total. The first-order valence-electron chi connectivity index (χ1n) is 4.16. The molecule has 0 atom stereocenters. The molecule has 1 heterocycles. The van der Waals surface area contributed by atoms with Gasteiger partial charge in [0.15, 0.2) is 0 Å². The number of benzene rings is 1. The van der Waals surface area contributed by atoms with Crippen LogP contribution in [0.15, 0.2) is 41.8 Å². The minimum Gasteiger partial charge on any atom is -0.299 e. The second kappa shape index (κ2) is 3.95. The van der Waals surface area contributed by atoms with Crippen LogP contribution in [0.4, 0.5) is 0 Å². The standard InChI is InChI=1S/C11H8ClNS/c12-9-5-3-8(4-6-9)11(13)10-2-1-7-14-10/h1-7,13H. The highest BCUT2D eigenvalue weighted by Gasteiger charge is 2.04. The van der Waals surface area contributed by atoms with Gasteiger partial charge in [-0.2, -0.15) is 0 Å². The summed E-state index contributed by atoms with van der Waals surface area (Å²) in [7, 11) is 0. The van der Waals surface area contributed by atoms with Gasteiger partial charge < -0.3 is 0 Å². The summed E-state index contributed by atoms with van der Waals surface area (Å²) in [4.78, 5) is 0.979. The van der Waals surface area contributed by atoms with Crippen molar-refractivity contribution in [2.24, 2.45) is 0 Å². The van der Waals surface area contributed by atoms with Gasteiger partial charge in [0.05, 0.1) is 10.6 Å². The SMILES string of the molecule is N=C(c1ccc(Cl)cc1)c1cccs1. The van der Waals surface area contributed by atoms with Gasteiger partial charge in [-0.05, 0) is 23.6 Å². The zero-order chi connectivity index (χ0) is 9.97. The molecule has 2 aromatic rings. The summed E-state index contributed by atoms with van der Waals surface area (Å²) in [6.45, 7) is 0. The van der Waals surface area contributed by atoms with E-state index in [0.29, 0.717) is 10.7 Å². The summed E-state index contributed by atoms with van der Waals surface area (Å²) in [6, 6.07) is 11.2. The molecular weight excluding hydrogens is 214 g/mol. The molecule has 0 radical (unpaired) electrons. The molecule has 3 heteroatoms. The zero-order valence-electron chi connectivity index (χ0n) is 7.33. The molecule has 70 valence electrons. The summed E-state index contributed by atoms with van der Waals surface area (Å²) in [6.07, 6.45) is 0. The summed E-state index contributed by atoms with van der Waals surface area (Å²) in [5.74, 6) is 0. The van der Waals surface area contributed by atoms with Crippen molar-refractivity contribution in [3.8, 4) is 0 Å². The summed E-state index contributed by atoms with van der Waals surface area (Å²) in [5.41, 5.74) is 1.45. The first kappa shape index (κ1) is 9.44. The van der Waals surface area contributed by atoms with Crippen molar-refractivity contribution in [3.63, 3.8) is 0 Å². The lowest BCUT2D eigenvalue weighted by atomic mass is 10.1. The Labute approximate surface area is 91.5 Å². The van der Waals surface area contributed by atoms with Crippen LogP contribution in [-0.2, 0) is 0 Å². The molecule has 0 saturated carbocycles. The number of halogens is 1. The van der Waals surface area contributed by atoms with Crippen LogP contribution in [0, 0.1) is 5.41 Å². The van der Waals surface area contributed by atoms with Crippen LogP contribution in [0.2, 0.25) is 5.02 Å². The molecule has 0 aliphatic rings. The number of thiophene rings is 1. The minimum absolute atomic E-state index is 0.552. The van der Waals surface area contributed by atoms with E-state index in [0.717, 1.165) is 10.4 Å². The first-order chi connectivity index (χ1) is 6.77. The number of nitrogens with one attached hydrogen (secondary N) is 1. The Bertz CT molecular complexity index is 431. The van der Waals surface area contributed by atoms with Gasteiger partial charge in [-0.15, -0.1) is 11.3 Å². The average molecular weight is 222 g/mol. The predicted molar refractivity (Wildman–Crippen MR) is 61.7 cm³/mol. The van der Waals surface area contributed by atoms with E-state index in [9.17, 15) is 0 Å². The molecule has 0 fully saturated rings. The van der Waals surface area contributed by atoms with Crippen LogP contribution in [0.5, 0.6) is 0 Å². The molecule has 0 spiro atoms. The molecule has 14 heavy (non-hydrogen) atoms. The van der Waals surface area contributed by atoms with Crippen LogP contribution in [-0.4, -0.2) is 5.71 Å². The molecular formula is C11H8ClNS. The number of rotatable bonds is 2. The molecule has 0 amide bonds. The lowest BCUT2D eigenvalue weighted by molar-refractivity contribution is 1.48. The monoisotopic (exact) mass is 221 g/mol. The van der Waals surface area contributed by atoms with Crippen LogP contribution in [0.3, 0.4) is 0 Å². The highest BCUT2D eigenvalue weighted by molar-refractivity contribution is 7.12. The molecule has 1 aromatic carbocycles. The van der Waals surface area contributed by atoms with Crippen molar-refractivity contribution in [1.82, 2.24) is 0 Å². The third-order valence-corrected chi connectivity index (χ3v) is 3.04. The molecule has 0 aliphatic heterocycles. The van der Waals surface area contributed by atoms with Gasteiger partial charge in [-0.25, -0.2) is 0 Å². The smallest absolute Gasteiger partial charge is 0.0784 e. The second-order valence-electron chi connectivity index (χ2n) is 2.86. The average Bonchev–Trinajstić information content (AvgIpc) is 2.71. The minimum atomic E-state index is 0.552. The van der Waals surface area contributed by atoms with Gasteiger partial charge in [-0.1, -0.05) is 29.8 Å². The second-order valence-corrected chi connectivity index (χ2v) is 4.24. The molecule has 2 rings (SSSR count). The van der Waals surface area contributed by atoms with Crippen molar-refractivity contribution < 1.29 is 0 Å². The van der Waals surface area contributed by atoms with E-state index < -0.39 is 0 Å². The highest BCUT2D eigenvalue weighted by atomic mass is 35.5. The molecule has 1 aromatic heterocycles. The van der Waals surface area contributed by atoms with Gasteiger partial charge in [0.25, 0.3) is 0 Å². The zero-order valence-corrected chi connectivity index (χ0v) is 8.90. The molecule has 0 saturated heterocycles. The summed E-state index contributed by atoms with van der Waals surface area (Å²) < 4.78 is 0. The van der Waals surface area contributed by atoms with Gasteiger partial charge in [0, 0.05) is 10.6 Å². The number of hydrogen-bond acceptors (Lipinski definition) is 2. The van der Waals surface area contributed by atoms with Gasteiger partial charge in [0.2, 0.25) is 0 Å². The van der Waals surface area contributed by atoms with Crippen molar-refractivity contribution in [3.05, 3.63) is 57.2 Å². The Morgan fingerprint density at radius 3 is 2.43 bits per heavy atom. The van der Waals surface area contributed by atoms with Crippen LogP contribution in [0.1, 0.15) is 10.4 Å². The van der Waals surface area contributed by atoms with Gasteiger partial charge in [0.1, 0.15) is 0 Å². The maximum absolute atomic E-state index is 7.93. The Kier molecular flexibility index (Phi) is 2.66. The van der Waals surface area contributed by atoms with E-state index in [1.807, 2.05) is 29.6 Å². The maximum Gasteiger partial charge on any atom is 0.0784 e. The van der Waals surface area contributed by atoms with Gasteiger partial charge >= 0.3 is 0 Å². The van der Waals surface area contributed by atoms with Crippen LogP contribution >= 0.6 is 22.9 Å². The van der Waals surface area contributed by atoms with Gasteiger partial charge in [-0.3, -0.25) is 5.41 Å². The van der Waals surface area contributed by atoms with E-state index in [-0.39, 0.29) is 0 Å². The van der Waals surface area contributed by atoms with E-state index in [4.69, 9.17) is 17.0 Å². The third-order valence-electron chi connectivity index (χ3n) is 1.90. The van der Waals surface area contributed by atoms with Crippen molar-refractivity contribution in [1.29, 1.82) is 5.41 Å². The third kappa shape index (κ3) is 1.86. The topological polar surface area (TPSA) is 23.9 Å². The Hall–Kier alpha value is -1.12. The molecule has 1 nitrogen and oxygen atoms in total. The van der Waals surface area contributed by atoms with Crippen LogP contribution < -0.4 is 0 Å². The molecule has 0 unspecified atom stereocenters. The summed E-state index contributed by atoms with van der Waals surface area (Å²) in [5, 5.41) is 10.6. The Morgan fingerprint density at radius 1 is 1.14 bits per heavy atom.